The van der Waals surface area contributed by atoms with Gasteiger partial charge in [-0.2, -0.15) is 8.42 Å². The van der Waals surface area contributed by atoms with Crippen molar-refractivity contribution in [3.05, 3.63) is 0 Å². The van der Waals surface area contributed by atoms with Gasteiger partial charge in [-0.3, -0.25) is 4.18 Å². The zero-order valence-corrected chi connectivity index (χ0v) is 12.7. The van der Waals surface area contributed by atoms with E-state index in [1.165, 1.54) is 0 Å². The fourth-order valence-corrected chi connectivity index (χ4v) is 1.75. The van der Waals surface area contributed by atoms with E-state index in [2.05, 4.69) is 4.18 Å². The Morgan fingerprint density at radius 3 is 2.21 bits per heavy atom. The summed E-state index contributed by atoms with van der Waals surface area (Å²) in [7, 11) is -3.72. The van der Waals surface area contributed by atoms with Crippen LogP contribution in [0.2, 0.25) is 0 Å². The smallest absolute Gasteiger partial charge is 0.339 e. The van der Waals surface area contributed by atoms with Crippen molar-refractivity contribution in [1.29, 1.82) is 0 Å². The molecule has 0 aliphatic heterocycles. The third kappa shape index (κ3) is 10.9. The Kier molecular flexibility index (Phi) is 9.81. The molecule has 0 N–H and O–H groups in total. The molecule has 7 heteroatoms. The van der Waals surface area contributed by atoms with Crippen molar-refractivity contribution in [2.75, 3.05) is 26.1 Å². The van der Waals surface area contributed by atoms with Crippen molar-refractivity contribution in [2.45, 2.75) is 45.6 Å². The normalized spacial score (nSPS) is 13.2. The van der Waals surface area contributed by atoms with E-state index in [9.17, 15) is 13.2 Å². The molecule has 0 unspecified atom stereocenters. The third-order valence-corrected chi connectivity index (χ3v) is 2.79. The van der Waals surface area contributed by atoms with Crippen molar-refractivity contribution >= 4 is 16.1 Å². The van der Waals surface area contributed by atoms with E-state index in [4.69, 9.17) is 9.47 Å². The predicted octanol–water partition coefficient (Wildman–Crippen LogP) is 1.49. The van der Waals surface area contributed by atoms with Crippen molar-refractivity contribution in [3.63, 3.8) is 0 Å². The molecule has 0 aromatic carbocycles. The Labute approximate surface area is 115 Å². The third-order valence-electron chi connectivity index (χ3n) is 2.21. The zero-order chi connectivity index (χ0) is 14.7. The molecule has 0 radical (unpaired) electrons. The molecule has 19 heavy (non-hydrogen) atoms. The molecule has 114 valence electrons. The number of carbonyl (C=O) groups is 1. The van der Waals surface area contributed by atoms with Crippen LogP contribution in [0.25, 0.3) is 0 Å². The Morgan fingerprint density at radius 2 is 1.68 bits per heavy atom. The number of carbonyl (C=O) groups excluding carboxylic acids is 1. The highest BCUT2D eigenvalue weighted by Crippen LogP contribution is 2.04. The Bertz CT molecular complexity index is 338. The first-order valence-corrected chi connectivity index (χ1v) is 8.35. The van der Waals surface area contributed by atoms with Gasteiger partial charge in [0, 0.05) is 6.61 Å². The second kappa shape index (κ2) is 10.2. The van der Waals surface area contributed by atoms with Crippen molar-refractivity contribution in [1.82, 2.24) is 0 Å². The van der Waals surface area contributed by atoms with Gasteiger partial charge in [0.2, 0.25) is 0 Å². The summed E-state index contributed by atoms with van der Waals surface area (Å²) in [6.45, 7) is 4.58. The summed E-state index contributed by atoms with van der Waals surface area (Å²) in [5, 5.41) is 0. The molecular weight excluding hydrogens is 272 g/mol. The van der Waals surface area contributed by atoms with Crippen LogP contribution in [0.4, 0.5) is 0 Å². The number of ether oxygens (including phenoxy) is 2. The molecule has 0 amide bonds. The number of rotatable bonds is 11. The van der Waals surface area contributed by atoms with Crippen LogP contribution < -0.4 is 0 Å². The highest BCUT2D eigenvalue weighted by molar-refractivity contribution is 7.86. The topological polar surface area (TPSA) is 78.9 Å². The van der Waals surface area contributed by atoms with Gasteiger partial charge in [-0.25, -0.2) is 4.79 Å². The molecule has 0 spiro atoms. The van der Waals surface area contributed by atoms with Crippen molar-refractivity contribution in [2.24, 2.45) is 0 Å². The zero-order valence-electron chi connectivity index (χ0n) is 11.9. The van der Waals surface area contributed by atoms with Gasteiger partial charge in [-0.05, 0) is 12.8 Å². The van der Waals surface area contributed by atoms with Crippen LogP contribution in [0.3, 0.4) is 0 Å². The highest BCUT2D eigenvalue weighted by Gasteiger charge is 2.25. The highest BCUT2D eigenvalue weighted by atomic mass is 32.2. The first-order valence-electron chi connectivity index (χ1n) is 6.53. The maximum absolute atomic E-state index is 11.7. The summed E-state index contributed by atoms with van der Waals surface area (Å²) in [6.07, 6.45) is 3.09. The Morgan fingerprint density at radius 1 is 1.11 bits per heavy atom. The molecule has 1 atom stereocenters. The standard InChI is InChI=1S/C12H24O6S/c1-4-6-8-16-10-11(18-19(3,14)15)12(13)17-9-7-5-2/h11H,4-10H2,1-3H3/t11-/m0/s1. The fourth-order valence-electron chi connectivity index (χ4n) is 1.19. The minimum absolute atomic E-state index is 0.113. The minimum Gasteiger partial charge on any atom is -0.464 e. The SMILES string of the molecule is CCCCOC[C@H](OS(C)(=O)=O)C(=O)OCCCC. The van der Waals surface area contributed by atoms with E-state index >= 15 is 0 Å². The van der Waals surface area contributed by atoms with Crippen LogP contribution in [0.1, 0.15) is 39.5 Å². The fraction of sp³-hybridized carbons (Fsp3) is 0.917. The molecule has 0 bridgehead atoms. The lowest BCUT2D eigenvalue weighted by molar-refractivity contribution is -0.154. The monoisotopic (exact) mass is 296 g/mol. The number of hydrogen-bond donors (Lipinski definition) is 0. The van der Waals surface area contributed by atoms with E-state index in [1.54, 1.807) is 0 Å². The maximum atomic E-state index is 11.7. The Hall–Kier alpha value is -0.660. The van der Waals surface area contributed by atoms with Crippen LogP contribution >= 0.6 is 0 Å². The molecular formula is C12H24O6S. The molecule has 0 aromatic rings. The first kappa shape index (κ1) is 18.3. The van der Waals surface area contributed by atoms with Gasteiger partial charge < -0.3 is 9.47 Å². The van der Waals surface area contributed by atoms with E-state index in [0.29, 0.717) is 6.61 Å². The first-order chi connectivity index (χ1) is 8.90. The summed E-state index contributed by atoms with van der Waals surface area (Å²) >= 11 is 0. The van der Waals surface area contributed by atoms with Gasteiger partial charge in [0.15, 0.2) is 6.10 Å². The summed E-state index contributed by atoms with van der Waals surface area (Å²) < 4.78 is 37.0. The van der Waals surface area contributed by atoms with Gasteiger partial charge in [0.1, 0.15) is 0 Å². The molecule has 6 nitrogen and oxygen atoms in total. The number of esters is 1. The predicted molar refractivity (Wildman–Crippen MR) is 71.3 cm³/mol. The summed E-state index contributed by atoms with van der Waals surface area (Å²) in [5.41, 5.74) is 0. The minimum atomic E-state index is -3.72. The van der Waals surface area contributed by atoms with Crippen molar-refractivity contribution < 1.29 is 26.9 Å². The molecule has 0 aliphatic carbocycles. The quantitative estimate of drug-likeness (QED) is 0.326. The van der Waals surface area contributed by atoms with E-state index < -0.39 is 22.2 Å². The van der Waals surface area contributed by atoms with Crippen LogP contribution in [0.5, 0.6) is 0 Å². The molecule has 0 aromatic heterocycles. The summed E-state index contributed by atoms with van der Waals surface area (Å²) in [4.78, 5) is 11.7. The summed E-state index contributed by atoms with van der Waals surface area (Å²) in [6, 6.07) is 0. The average Bonchev–Trinajstić information content (AvgIpc) is 2.32. The lowest BCUT2D eigenvalue weighted by atomic mass is 10.3. The number of hydrogen-bond acceptors (Lipinski definition) is 6. The summed E-state index contributed by atoms with van der Waals surface area (Å²) in [5.74, 6) is -0.699. The van der Waals surface area contributed by atoms with Crippen LogP contribution in [0, 0.1) is 0 Å². The van der Waals surface area contributed by atoms with Gasteiger partial charge in [0.25, 0.3) is 10.1 Å². The second-order valence-corrected chi connectivity index (χ2v) is 5.84. The van der Waals surface area contributed by atoms with Gasteiger partial charge >= 0.3 is 5.97 Å². The largest absolute Gasteiger partial charge is 0.464 e. The van der Waals surface area contributed by atoms with E-state index in [1.807, 2.05) is 13.8 Å². The molecule has 0 heterocycles. The van der Waals surface area contributed by atoms with Gasteiger partial charge in [-0.1, -0.05) is 26.7 Å². The van der Waals surface area contributed by atoms with Crippen LogP contribution in [0.15, 0.2) is 0 Å². The average molecular weight is 296 g/mol. The molecule has 0 saturated heterocycles. The molecule has 0 rings (SSSR count). The van der Waals surface area contributed by atoms with Crippen molar-refractivity contribution in [3.8, 4) is 0 Å². The second-order valence-electron chi connectivity index (χ2n) is 4.24. The molecule has 0 fully saturated rings. The lowest BCUT2D eigenvalue weighted by Gasteiger charge is -2.15. The van der Waals surface area contributed by atoms with Gasteiger partial charge in [0.05, 0.1) is 19.5 Å². The lowest BCUT2D eigenvalue weighted by Crippen LogP contribution is -2.33. The van der Waals surface area contributed by atoms with E-state index in [0.717, 1.165) is 31.9 Å². The van der Waals surface area contributed by atoms with Crippen LogP contribution in [-0.2, 0) is 28.6 Å². The van der Waals surface area contributed by atoms with E-state index in [-0.39, 0.29) is 13.2 Å². The molecule has 0 aliphatic rings. The maximum Gasteiger partial charge on any atom is 0.339 e. The Balaban J connectivity index is 4.27. The van der Waals surface area contributed by atoms with Crippen LogP contribution in [-0.4, -0.2) is 46.6 Å². The van der Waals surface area contributed by atoms with Gasteiger partial charge in [-0.15, -0.1) is 0 Å². The number of unbranched alkanes of at least 4 members (excludes halogenated alkanes) is 2. The molecule has 0 saturated carbocycles.